The summed E-state index contributed by atoms with van der Waals surface area (Å²) >= 11 is 9.32. The van der Waals surface area contributed by atoms with Crippen LogP contribution in [0.3, 0.4) is 0 Å². The summed E-state index contributed by atoms with van der Waals surface area (Å²) in [5.74, 6) is -0.343. The Morgan fingerprint density at radius 3 is 2.61 bits per heavy atom. The van der Waals surface area contributed by atoms with E-state index in [1.54, 1.807) is 6.07 Å². The Bertz CT molecular complexity index is 539. The van der Waals surface area contributed by atoms with Crippen LogP contribution in [0.4, 0.5) is 10.1 Å². The van der Waals surface area contributed by atoms with Gasteiger partial charge in [0.1, 0.15) is 5.82 Å². The lowest BCUT2D eigenvalue weighted by atomic mass is 10.1. The van der Waals surface area contributed by atoms with Crippen molar-refractivity contribution in [2.75, 3.05) is 5.32 Å². The molecule has 0 radical (unpaired) electrons. The third-order valence-electron chi connectivity index (χ3n) is 2.62. The van der Waals surface area contributed by atoms with Gasteiger partial charge in [0.05, 0.1) is 0 Å². The summed E-state index contributed by atoms with van der Waals surface area (Å²) < 4.78 is 14.2. The van der Waals surface area contributed by atoms with E-state index in [9.17, 15) is 4.39 Å². The monoisotopic (exact) mass is 327 g/mol. The molecule has 0 aliphatic rings. The highest BCUT2D eigenvalue weighted by molar-refractivity contribution is 9.10. The smallest absolute Gasteiger partial charge is 0.126 e. The summed E-state index contributed by atoms with van der Waals surface area (Å²) in [6.45, 7) is 2.01. The van der Waals surface area contributed by atoms with E-state index < -0.39 is 0 Å². The Morgan fingerprint density at radius 1 is 1.22 bits per heavy atom. The lowest BCUT2D eigenvalue weighted by Crippen LogP contribution is -2.07. The van der Waals surface area contributed by atoms with Crippen LogP contribution < -0.4 is 5.32 Å². The quantitative estimate of drug-likeness (QED) is 0.794. The molecule has 0 saturated heterocycles. The molecule has 2 aromatic rings. The van der Waals surface area contributed by atoms with E-state index in [1.165, 1.54) is 12.1 Å². The van der Waals surface area contributed by atoms with Crippen molar-refractivity contribution in [3.05, 3.63) is 63.3 Å². The van der Waals surface area contributed by atoms with E-state index >= 15 is 0 Å². The Balaban J connectivity index is 2.21. The van der Waals surface area contributed by atoms with E-state index in [2.05, 4.69) is 21.2 Å². The first-order chi connectivity index (χ1) is 8.56. The average molecular weight is 329 g/mol. The lowest BCUT2D eigenvalue weighted by molar-refractivity contribution is 0.628. The molecule has 1 unspecified atom stereocenters. The molecule has 2 aromatic carbocycles. The predicted molar refractivity (Wildman–Crippen MR) is 77.6 cm³/mol. The molecular formula is C14H12BrClFN. The minimum atomic E-state index is -0.343. The maximum Gasteiger partial charge on any atom is 0.126 e. The second kappa shape index (κ2) is 5.72. The molecule has 4 heteroatoms. The fourth-order valence-corrected chi connectivity index (χ4v) is 2.64. The Labute approximate surface area is 119 Å². The molecule has 0 bridgehead atoms. The van der Waals surface area contributed by atoms with Crippen LogP contribution in [-0.4, -0.2) is 0 Å². The largest absolute Gasteiger partial charge is 0.378 e. The number of rotatable bonds is 3. The van der Waals surface area contributed by atoms with Crippen molar-refractivity contribution in [3.8, 4) is 0 Å². The molecule has 1 N–H and O–H groups in total. The summed E-state index contributed by atoms with van der Waals surface area (Å²) in [6.07, 6.45) is 0. The van der Waals surface area contributed by atoms with Gasteiger partial charge >= 0.3 is 0 Å². The Morgan fingerprint density at radius 2 is 1.94 bits per heavy atom. The second-order valence-corrected chi connectivity index (χ2v) is 5.34. The van der Waals surface area contributed by atoms with E-state index in [0.29, 0.717) is 10.7 Å². The molecule has 1 nitrogen and oxygen atoms in total. The van der Waals surface area contributed by atoms with Crippen molar-refractivity contribution < 1.29 is 4.39 Å². The molecule has 0 spiro atoms. The summed E-state index contributed by atoms with van der Waals surface area (Å²) in [6, 6.07) is 12.4. The molecule has 94 valence electrons. The number of anilines is 1. The zero-order chi connectivity index (χ0) is 13.1. The molecular weight excluding hydrogens is 317 g/mol. The van der Waals surface area contributed by atoms with Crippen LogP contribution in [0.15, 0.2) is 46.9 Å². The van der Waals surface area contributed by atoms with Gasteiger partial charge in [-0.25, -0.2) is 4.39 Å². The van der Waals surface area contributed by atoms with E-state index in [1.807, 2.05) is 31.2 Å². The number of halogens is 3. The maximum atomic E-state index is 13.2. The number of benzene rings is 2. The first-order valence-corrected chi connectivity index (χ1v) is 6.70. The highest BCUT2D eigenvalue weighted by Crippen LogP contribution is 2.27. The molecule has 0 aromatic heterocycles. The normalized spacial score (nSPS) is 12.2. The lowest BCUT2D eigenvalue weighted by Gasteiger charge is -2.17. The minimum absolute atomic E-state index is 0.0541. The van der Waals surface area contributed by atoms with Gasteiger partial charge < -0.3 is 5.32 Å². The van der Waals surface area contributed by atoms with E-state index in [4.69, 9.17) is 11.6 Å². The van der Waals surface area contributed by atoms with Crippen molar-refractivity contribution in [2.24, 2.45) is 0 Å². The highest BCUT2D eigenvalue weighted by atomic mass is 79.9. The van der Waals surface area contributed by atoms with Gasteiger partial charge in [0.15, 0.2) is 0 Å². The molecule has 0 fully saturated rings. The van der Waals surface area contributed by atoms with Gasteiger partial charge in [0.25, 0.3) is 0 Å². The second-order valence-electron chi connectivity index (χ2n) is 4.05. The van der Waals surface area contributed by atoms with Gasteiger partial charge in [-0.3, -0.25) is 0 Å². The van der Waals surface area contributed by atoms with Gasteiger partial charge in [-0.05, 0) is 36.8 Å². The van der Waals surface area contributed by atoms with Crippen molar-refractivity contribution in [1.29, 1.82) is 0 Å². The topological polar surface area (TPSA) is 12.0 Å². The average Bonchev–Trinajstić information content (AvgIpc) is 2.27. The summed E-state index contributed by atoms with van der Waals surface area (Å²) in [5, 5.41) is 3.61. The maximum absolute atomic E-state index is 13.2. The van der Waals surface area contributed by atoms with E-state index in [-0.39, 0.29) is 11.9 Å². The number of nitrogens with one attached hydrogen (secondary N) is 1. The van der Waals surface area contributed by atoms with Gasteiger partial charge in [0.2, 0.25) is 0 Å². The number of hydrogen-bond acceptors (Lipinski definition) is 1. The molecule has 2 rings (SSSR count). The molecule has 0 aliphatic carbocycles. The van der Waals surface area contributed by atoms with Crippen LogP contribution in [0.25, 0.3) is 0 Å². The number of hydrogen-bond donors (Lipinski definition) is 1. The van der Waals surface area contributed by atoms with Gasteiger partial charge in [0, 0.05) is 21.2 Å². The molecule has 0 amide bonds. The first kappa shape index (κ1) is 13.4. The van der Waals surface area contributed by atoms with Crippen molar-refractivity contribution >= 4 is 33.2 Å². The molecule has 0 saturated carbocycles. The summed E-state index contributed by atoms with van der Waals surface area (Å²) in [7, 11) is 0. The standard InChI is InChI=1S/C14H12BrClFN/c1-9(13-4-2-3-5-14(13)15)18-12-7-10(16)6-11(17)8-12/h2-9,18H,1H3. The van der Waals surface area contributed by atoms with Crippen LogP contribution >= 0.6 is 27.5 Å². The molecule has 0 heterocycles. The minimum Gasteiger partial charge on any atom is -0.378 e. The van der Waals surface area contributed by atoms with Crippen LogP contribution in [0.1, 0.15) is 18.5 Å². The fourth-order valence-electron chi connectivity index (χ4n) is 1.79. The van der Waals surface area contributed by atoms with Gasteiger partial charge in [-0.15, -0.1) is 0 Å². The van der Waals surface area contributed by atoms with Crippen molar-refractivity contribution in [1.82, 2.24) is 0 Å². The highest BCUT2D eigenvalue weighted by Gasteiger charge is 2.09. The SMILES string of the molecule is CC(Nc1cc(F)cc(Cl)c1)c1ccccc1Br. The summed E-state index contributed by atoms with van der Waals surface area (Å²) in [5.41, 5.74) is 1.78. The van der Waals surface area contributed by atoms with Gasteiger partial charge in [-0.1, -0.05) is 45.7 Å². The third-order valence-corrected chi connectivity index (χ3v) is 3.56. The van der Waals surface area contributed by atoms with Gasteiger partial charge in [-0.2, -0.15) is 0 Å². The molecule has 0 aliphatic heterocycles. The zero-order valence-corrected chi connectivity index (χ0v) is 12.1. The van der Waals surface area contributed by atoms with Crippen LogP contribution in [0, 0.1) is 5.82 Å². The molecule has 18 heavy (non-hydrogen) atoms. The van der Waals surface area contributed by atoms with Crippen LogP contribution in [0.5, 0.6) is 0 Å². The van der Waals surface area contributed by atoms with Crippen molar-refractivity contribution in [3.63, 3.8) is 0 Å². The van der Waals surface area contributed by atoms with Crippen LogP contribution in [0.2, 0.25) is 5.02 Å². The zero-order valence-electron chi connectivity index (χ0n) is 9.75. The fraction of sp³-hybridized carbons (Fsp3) is 0.143. The summed E-state index contributed by atoms with van der Waals surface area (Å²) in [4.78, 5) is 0. The predicted octanol–water partition coefficient (Wildman–Crippen LogP) is 5.41. The Hall–Kier alpha value is -1.06. The third kappa shape index (κ3) is 3.24. The van der Waals surface area contributed by atoms with Crippen LogP contribution in [-0.2, 0) is 0 Å². The van der Waals surface area contributed by atoms with E-state index in [0.717, 1.165) is 10.0 Å². The van der Waals surface area contributed by atoms with Crippen molar-refractivity contribution in [2.45, 2.75) is 13.0 Å². The first-order valence-electron chi connectivity index (χ1n) is 5.53. The Kier molecular flexibility index (Phi) is 4.25. The molecule has 1 atom stereocenters.